The Labute approximate surface area is 106 Å². The molecule has 7 heteroatoms. The zero-order valence-electron chi connectivity index (χ0n) is 10.1. The van der Waals surface area contributed by atoms with Crippen molar-refractivity contribution in [1.29, 1.82) is 0 Å². The number of hydrogen-bond donors (Lipinski definition) is 0. The Morgan fingerprint density at radius 2 is 2.00 bits per heavy atom. The monoisotopic (exact) mass is 277 g/mol. The van der Waals surface area contributed by atoms with Crippen LogP contribution in [-0.4, -0.2) is 23.4 Å². The van der Waals surface area contributed by atoms with Gasteiger partial charge < -0.3 is 4.74 Å². The molecule has 0 saturated heterocycles. The molecule has 1 unspecified atom stereocenters. The molecule has 1 rings (SSSR count). The lowest BCUT2D eigenvalue weighted by Gasteiger charge is -2.13. The molecule has 0 aromatic carbocycles. The molecule has 0 saturated carbocycles. The standard InChI is InChI=1S/C10H15NO4S2/c1-7(2)10-8(17(12,16)15-14-4)5-6-9(11-10)13-3/h5-7H,1-4H3. The first kappa shape index (κ1) is 14.3. The zero-order valence-corrected chi connectivity index (χ0v) is 11.8. The van der Waals surface area contributed by atoms with E-state index in [0.717, 1.165) is 0 Å². The molecule has 17 heavy (non-hydrogen) atoms. The fourth-order valence-corrected chi connectivity index (χ4v) is 2.92. The van der Waals surface area contributed by atoms with Gasteiger partial charge in [0.15, 0.2) is 0 Å². The van der Waals surface area contributed by atoms with E-state index in [1.807, 2.05) is 13.8 Å². The Kier molecular flexibility index (Phi) is 4.81. The van der Waals surface area contributed by atoms with Gasteiger partial charge in [-0.05, 0) is 12.0 Å². The van der Waals surface area contributed by atoms with E-state index in [2.05, 4.69) is 14.2 Å². The van der Waals surface area contributed by atoms with Gasteiger partial charge in [0.2, 0.25) is 14.7 Å². The van der Waals surface area contributed by atoms with Gasteiger partial charge in [0.05, 0.1) is 24.8 Å². The molecule has 1 aromatic heterocycles. The lowest BCUT2D eigenvalue weighted by molar-refractivity contribution is -0.167. The maximum Gasteiger partial charge on any atom is 0.213 e. The summed E-state index contributed by atoms with van der Waals surface area (Å²) in [6.45, 7) is 3.84. The molecule has 0 bridgehead atoms. The second-order valence-electron chi connectivity index (χ2n) is 3.58. The summed E-state index contributed by atoms with van der Waals surface area (Å²) in [7, 11) is -0.339. The molecule has 0 aliphatic rings. The minimum Gasteiger partial charge on any atom is -0.481 e. The quantitative estimate of drug-likeness (QED) is 0.604. The first-order valence-corrected chi connectivity index (χ1v) is 7.35. The lowest BCUT2D eigenvalue weighted by Crippen LogP contribution is -2.10. The average molecular weight is 277 g/mol. The molecule has 0 radical (unpaired) electrons. The number of pyridine rings is 1. The van der Waals surface area contributed by atoms with Crippen LogP contribution in [0.3, 0.4) is 0 Å². The molecule has 0 aliphatic heterocycles. The van der Waals surface area contributed by atoms with Crippen LogP contribution in [0.15, 0.2) is 17.0 Å². The van der Waals surface area contributed by atoms with E-state index in [1.165, 1.54) is 14.2 Å². The largest absolute Gasteiger partial charge is 0.481 e. The maximum atomic E-state index is 12.1. The molecule has 0 fully saturated rings. The van der Waals surface area contributed by atoms with Crippen molar-refractivity contribution in [3.63, 3.8) is 0 Å². The van der Waals surface area contributed by atoms with E-state index < -0.39 is 8.77 Å². The summed E-state index contributed by atoms with van der Waals surface area (Å²) in [5, 5.41) is 0. The first-order valence-electron chi connectivity index (χ1n) is 4.94. The Morgan fingerprint density at radius 1 is 1.35 bits per heavy atom. The molecular weight excluding hydrogens is 262 g/mol. The van der Waals surface area contributed by atoms with Gasteiger partial charge in [0.1, 0.15) is 0 Å². The van der Waals surface area contributed by atoms with Crippen molar-refractivity contribution in [2.24, 2.45) is 0 Å². The minimum atomic E-state index is -3.12. The summed E-state index contributed by atoms with van der Waals surface area (Å²) < 4.78 is 21.8. The number of aromatic nitrogens is 1. The number of methoxy groups -OCH3 is 1. The van der Waals surface area contributed by atoms with Gasteiger partial charge in [-0.1, -0.05) is 13.8 Å². The highest BCUT2D eigenvalue weighted by Crippen LogP contribution is 2.26. The molecule has 96 valence electrons. The van der Waals surface area contributed by atoms with E-state index in [9.17, 15) is 4.21 Å². The Bertz CT molecular complexity index is 485. The Hall–Kier alpha value is -0.760. The van der Waals surface area contributed by atoms with Crippen LogP contribution in [0.5, 0.6) is 5.88 Å². The predicted molar refractivity (Wildman–Crippen MR) is 66.7 cm³/mol. The second-order valence-corrected chi connectivity index (χ2v) is 6.38. The van der Waals surface area contributed by atoms with Crippen LogP contribution in [0.4, 0.5) is 0 Å². The molecule has 1 aromatic rings. The summed E-state index contributed by atoms with van der Waals surface area (Å²) >= 11 is 4.90. The van der Waals surface area contributed by atoms with Crippen LogP contribution >= 0.6 is 0 Å². The van der Waals surface area contributed by atoms with Crippen LogP contribution in [0.2, 0.25) is 0 Å². The van der Waals surface area contributed by atoms with Gasteiger partial charge >= 0.3 is 0 Å². The predicted octanol–water partition coefficient (Wildman–Crippen LogP) is 1.81. The number of hydrogen-bond acceptors (Lipinski definition) is 6. The van der Waals surface area contributed by atoms with Crippen molar-refractivity contribution >= 4 is 20.0 Å². The molecule has 0 aliphatic carbocycles. The molecule has 5 nitrogen and oxygen atoms in total. The fourth-order valence-electron chi connectivity index (χ4n) is 1.31. The molecule has 0 amide bonds. The van der Waals surface area contributed by atoms with Crippen LogP contribution in [0, 0.1) is 0 Å². The first-order chi connectivity index (χ1) is 7.92. The lowest BCUT2D eigenvalue weighted by atomic mass is 10.1. The van der Waals surface area contributed by atoms with Gasteiger partial charge in [0, 0.05) is 17.3 Å². The SMILES string of the molecule is COOS(=O)(=S)c1ccc(OC)nc1C(C)C. The van der Waals surface area contributed by atoms with E-state index in [-0.39, 0.29) is 5.92 Å². The molecule has 0 spiro atoms. The van der Waals surface area contributed by atoms with Crippen LogP contribution in [-0.2, 0) is 29.2 Å². The summed E-state index contributed by atoms with van der Waals surface area (Å²) in [6.07, 6.45) is 0. The Balaban J connectivity index is 3.33. The van der Waals surface area contributed by atoms with Crippen molar-refractivity contribution in [3.8, 4) is 5.88 Å². The van der Waals surface area contributed by atoms with Crippen molar-refractivity contribution in [2.45, 2.75) is 24.7 Å². The van der Waals surface area contributed by atoms with E-state index in [1.54, 1.807) is 12.1 Å². The highest BCUT2D eigenvalue weighted by Gasteiger charge is 2.20. The van der Waals surface area contributed by atoms with Gasteiger partial charge in [-0.15, -0.1) is 4.33 Å². The van der Waals surface area contributed by atoms with E-state index >= 15 is 0 Å². The highest BCUT2D eigenvalue weighted by atomic mass is 32.8. The van der Waals surface area contributed by atoms with Gasteiger partial charge in [0.25, 0.3) is 0 Å². The molecule has 0 N–H and O–H groups in total. The van der Waals surface area contributed by atoms with Crippen molar-refractivity contribution in [1.82, 2.24) is 4.98 Å². The zero-order chi connectivity index (χ0) is 13.1. The number of ether oxygens (including phenoxy) is 1. The minimum absolute atomic E-state index is 0.0457. The van der Waals surface area contributed by atoms with Crippen LogP contribution in [0.25, 0.3) is 0 Å². The third-order valence-electron chi connectivity index (χ3n) is 2.04. The Morgan fingerprint density at radius 3 is 2.47 bits per heavy atom. The number of rotatable bonds is 5. The van der Waals surface area contributed by atoms with E-state index in [0.29, 0.717) is 16.5 Å². The topological polar surface area (TPSA) is 57.7 Å². The van der Waals surface area contributed by atoms with Crippen LogP contribution < -0.4 is 4.74 Å². The van der Waals surface area contributed by atoms with Crippen molar-refractivity contribution < 1.29 is 18.2 Å². The van der Waals surface area contributed by atoms with Crippen molar-refractivity contribution in [2.75, 3.05) is 14.2 Å². The summed E-state index contributed by atoms with van der Waals surface area (Å²) in [6, 6.07) is 3.18. The second kappa shape index (κ2) is 5.72. The molecular formula is C10H15NO4S2. The number of nitrogens with zero attached hydrogens (tertiary/aromatic N) is 1. The maximum absolute atomic E-state index is 12.1. The van der Waals surface area contributed by atoms with Crippen molar-refractivity contribution in [3.05, 3.63) is 17.8 Å². The smallest absolute Gasteiger partial charge is 0.213 e. The summed E-state index contributed by atoms with van der Waals surface area (Å²) in [5.74, 6) is 0.490. The highest BCUT2D eigenvalue weighted by molar-refractivity contribution is 8.30. The average Bonchev–Trinajstić information content (AvgIpc) is 2.28. The third kappa shape index (κ3) is 3.35. The normalized spacial score (nSPS) is 14.6. The van der Waals surface area contributed by atoms with Gasteiger partial charge in [-0.25, -0.2) is 14.1 Å². The van der Waals surface area contributed by atoms with Gasteiger partial charge in [-0.2, -0.15) is 0 Å². The fraction of sp³-hybridized carbons (Fsp3) is 0.500. The van der Waals surface area contributed by atoms with Gasteiger partial charge in [-0.3, -0.25) is 0 Å². The van der Waals surface area contributed by atoms with Crippen LogP contribution in [0.1, 0.15) is 25.5 Å². The summed E-state index contributed by atoms with van der Waals surface area (Å²) in [4.78, 5) is 9.00. The molecule has 1 heterocycles. The molecule has 1 atom stereocenters. The third-order valence-corrected chi connectivity index (χ3v) is 3.95. The van der Waals surface area contributed by atoms with E-state index in [4.69, 9.17) is 15.9 Å². The summed E-state index contributed by atoms with van der Waals surface area (Å²) in [5.41, 5.74) is 0.585.